The third-order valence-corrected chi connectivity index (χ3v) is 4.07. The Morgan fingerprint density at radius 3 is 2.58 bits per heavy atom. The van der Waals surface area contributed by atoms with E-state index in [1.165, 1.54) is 0 Å². The van der Waals surface area contributed by atoms with Crippen LogP contribution < -0.4 is 10.6 Å². The lowest BCUT2D eigenvalue weighted by Crippen LogP contribution is -2.50. The maximum atomic E-state index is 12.0. The first-order valence-corrected chi connectivity index (χ1v) is 7.44. The number of nitrogens with one attached hydrogen (secondary N) is 2. The van der Waals surface area contributed by atoms with Gasteiger partial charge in [-0.05, 0) is 38.8 Å². The fraction of sp³-hybridized carbons (Fsp3) is 0.533. The van der Waals surface area contributed by atoms with Crippen molar-refractivity contribution in [3.05, 3.63) is 34.3 Å². The Bertz CT molecular complexity index is 432. The van der Waals surface area contributed by atoms with E-state index in [1.807, 2.05) is 45.0 Å². The minimum atomic E-state index is -0.210. The predicted molar refractivity (Wildman–Crippen MR) is 83.0 cm³/mol. The van der Waals surface area contributed by atoms with Gasteiger partial charge in [0.25, 0.3) is 0 Å². The molecule has 0 fully saturated rings. The summed E-state index contributed by atoms with van der Waals surface area (Å²) >= 11 is 3.50. The number of amides is 1. The molecule has 0 aliphatic rings. The van der Waals surface area contributed by atoms with Crippen LogP contribution in [0.2, 0.25) is 0 Å². The average Bonchev–Trinajstić information content (AvgIpc) is 2.37. The van der Waals surface area contributed by atoms with Crippen LogP contribution in [0, 0.1) is 0 Å². The molecule has 0 saturated carbocycles. The molecule has 0 bridgehead atoms. The molecule has 3 nitrogen and oxygen atoms in total. The van der Waals surface area contributed by atoms with E-state index >= 15 is 0 Å². The normalized spacial score (nSPS) is 13.1. The van der Waals surface area contributed by atoms with Crippen LogP contribution in [-0.4, -0.2) is 17.5 Å². The van der Waals surface area contributed by atoms with Gasteiger partial charge in [-0.3, -0.25) is 4.79 Å². The zero-order chi connectivity index (χ0) is 14.5. The maximum Gasteiger partial charge on any atom is 0.237 e. The van der Waals surface area contributed by atoms with Crippen molar-refractivity contribution in [2.24, 2.45) is 0 Å². The number of rotatable bonds is 6. The third kappa shape index (κ3) is 5.33. The Morgan fingerprint density at radius 2 is 2.00 bits per heavy atom. The summed E-state index contributed by atoms with van der Waals surface area (Å²) in [5.74, 6) is 0.0407. The van der Waals surface area contributed by atoms with Crippen LogP contribution in [0.4, 0.5) is 0 Å². The topological polar surface area (TPSA) is 41.1 Å². The van der Waals surface area contributed by atoms with E-state index in [-0.39, 0.29) is 17.5 Å². The van der Waals surface area contributed by atoms with Gasteiger partial charge in [0.05, 0.1) is 6.04 Å². The quantitative estimate of drug-likeness (QED) is 0.842. The van der Waals surface area contributed by atoms with Gasteiger partial charge in [-0.2, -0.15) is 0 Å². The monoisotopic (exact) mass is 326 g/mol. The van der Waals surface area contributed by atoms with Crippen LogP contribution in [0.5, 0.6) is 0 Å². The van der Waals surface area contributed by atoms with E-state index in [4.69, 9.17) is 0 Å². The summed E-state index contributed by atoms with van der Waals surface area (Å²) in [6.45, 7) is 8.69. The van der Waals surface area contributed by atoms with Crippen molar-refractivity contribution in [1.82, 2.24) is 10.6 Å². The summed E-state index contributed by atoms with van der Waals surface area (Å²) in [6.07, 6.45) is 0.912. The summed E-state index contributed by atoms with van der Waals surface area (Å²) < 4.78 is 1.06. The second-order valence-electron chi connectivity index (χ2n) is 5.42. The van der Waals surface area contributed by atoms with E-state index in [2.05, 4.69) is 33.5 Å². The minimum Gasteiger partial charge on any atom is -0.350 e. The summed E-state index contributed by atoms with van der Waals surface area (Å²) in [4.78, 5) is 12.0. The van der Waals surface area contributed by atoms with Crippen LogP contribution in [0.1, 0.15) is 39.7 Å². The summed E-state index contributed by atoms with van der Waals surface area (Å²) in [6, 6.07) is 7.80. The van der Waals surface area contributed by atoms with Crippen molar-refractivity contribution < 1.29 is 4.79 Å². The molecule has 1 unspecified atom stereocenters. The van der Waals surface area contributed by atoms with Crippen molar-refractivity contribution >= 4 is 21.8 Å². The zero-order valence-corrected chi connectivity index (χ0v) is 13.7. The van der Waals surface area contributed by atoms with Crippen molar-refractivity contribution in [2.45, 2.75) is 52.2 Å². The summed E-state index contributed by atoms with van der Waals surface area (Å²) in [5, 5.41) is 6.29. The molecule has 106 valence electrons. The molecular weight excluding hydrogens is 304 g/mol. The summed E-state index contributed by atoms with van der Waals surface area (Å²) in [5.41, 5.74) is 0.997. The highest BCUT2D eigenvalue weighted by molar-refractivity contribution is 9.10. The predicted octanol–water partition coefficient (Wildman–Crippen LogP) is 3.23. The van der Waals surface area contributed by atoms with Crippen LogP contribution >= 0.6 is 15.9 Å². The molecule has 0 aliphatic carbocycles. The number of hydrogen-bond donors (Lipinski definition) is 2. The minimum absolute atomic E-state index is 0.0407. The molecule has 4 heteroatoms. The molecule has 0 aromatic heterocycles. The number of benzene rings is 1. The Labute approximate surface area is 124 Å². The molecule has 2 N–H and O–H groups in total. The fourth-order valence-electron chi connectivity index (χ4n) is 1.53. The molecule has 0 saturated heterocycles. The Morgan fingerprint density at radius 1 is 1.37 bits per heavy atom. The lowest BCUT2D eigenvalue weighted by molar-refractivity contribution is -0.124. The summed E-state index contributed by atoms with van der Waals surface area (Å²) in [7, 11) is 0. The molecule has 1 atom stereocenters. The highest BCUT2D eigenvalue weighted by Gasteiger charge is 2.21. The van der Waals surface area contributed by atoms with E-state index in [0.717, 1.165) is 16.5 Å². The lowest BCUT2D eigenvalue weighted by atomic mass is 10.0. The van der Waals surface area contributed by atoms with Gasteiger partial charge in [-0.25, -0.2) is 0 Å². The van der Waals surface area contributed by atoms with E-state index < -0.39 is 0 Å². The largest absolute Gasteiger partial charge is 0.350 e. The van der Waals surface area contributed by atoms with Crippen molar-refractivity contribution in [3.63, 3.8) is 0 Å². The Hall–Kier alpha value is -0.870. The van der Waals surface area contributed by atoms with Gasteiger partial charge >= 0.3 is 0 Å². The highest BCUT2D eigenvalue weighted by Crippen LogP contribution is 2.15. The molecule has 0 radical (unpaired) electrons. The lowest BCUT2D eigenvalue weighted by Gasteiger charge is -2.26. The van der Waals surface area contributed by atoms with E-state index in [0.29, 0.717) is 6.54 Å². The number of carbonyl (C=O) groups is 1. The Balaban J connectivity index is 2.50. The second-order valence-corrected chi connectivity index (χ2v) is 6.28. The first kappa shape index (κ1) is 16.2. The SMILES string of the molecule is CCC(C)(C)NC(=O)C(C)NCc1ccccc1Br. The zero-order valence-electron chi connectivity index (χ0n) is 12.1. The molecular formula is C15H23BrN2O. The average molecular weight is 327 g/mol. The molecule has 19 heavy (non-hydrogen) atoms. The molecule has 0 aliphatic heterocycles. The van der Waals surface area contributed by atoms with Crippen LogP contribution in [0.25, 0.3) is 0 Å². The van der Waals surface area contributed by atoms with Gasteiger partial charge in [0, 0.05) is 16.6 Å². The van der Waals surface area contributed by atoms with Gasteiger partial charge in [-0.15, -0.1) is 0 Å². The molecule has 1 aromatic rings. The van der Waals surface area contributed by atoms with Crippen LogP contribution in [0.3, 0.4) is 0 Å². The number of hydrogen-bond acceptors (Lipinski definition) is 2. The number of halogens is 1. The smallest absolute Gasteiger partial charge is 0.237 e. The van der Waals surface area contributed by atoms with Crippen LogP contribution in [0.15, 0.2) is 28.7 Å². The molecule has 0 heterocycles. The molecule has 1 rings (SSSR count). The molecule has 1 aromatic carbocycles. The van der Waals surface area contributed by atoms with E-state index in [9.17, 15) is 4.79 Å². The van der Waals surface area contributed by atoms with Gasteiger partial charge in [0.2, 0.25) is 5.91 Å². The first-order chi connectivity index (χ1) is 8.85. The second kappa shape index (κ2) is 7.06. The van der Waals surface area contributed by atoms with Gasteiger partial charge in [0.15, 0.2) is 0 Å². The first-order valence-electron chi connectivity index (χ1n) is 6.64. The van der Waals surface area contributed by atoms with E-state index in [1.54, 1.807) is 0 Å². The van der Waals surface area contributed by atoms with Crippen LogP contribution in [-0.2, 0) is 11.3 Å². The molecule has 1 amide bonds. The van der Waals surface area contributed by atoms with Gasteiger partial charge in [-0.1, -0.05) is 41.1 Å². The van der Waals surface area contributed by atoms with Gasteiger partial charge in [0.1, 0.15) is 0 Å². The van der Waals surface area contributed by atoms with Crippen molar-refractivity contribution in [2.75, 3.05) is 0 Å². The third-order valence-electron chi connectivity index (χ3n) is 3.30. The molecule has 0 spiro atoms. The van der Waals surface area contributed by atoms with Crippen molar-refractivity contribution in [3.8, 4) is 0 Å². The Kier molecular flexibility index (Phi) is 6.01. The number of carbonyl (C=O) groups excluding carboxylic acids is 1. The fourth-order valence-corrected chi connectivity index (χ4v) is 1.95. The standard InChI is InChI=1S/C15H23BrN2O/c1-5-15(3,4)18-14(19)11(2)17-10-12-8-6-7-9-13(12)16/h6-9,11,17H,5,10H2,1-4H3,(H,18,19). The van der Waals surface area contributed by atoms with Crippen molar-refractivity contribution in [1.29, 1.82) is 0 Å². The van der Waals surface area contributed by atoms with Gasteiger partial charge < -0.3 is 10.6 Å². The highest BCUT2D eigenvalue weighted by atomic mass is 79.9. The maximum absolute atomic E-state index is 12.0.